The summed E-state index contributed by atoms with van der Waals surface area (Å²) in [7, 11) is 1.22. The van der Waals surface area contributed by atoms with Crippen molar-refractivity contribution in [3.05, 3.63) is 52.0 Å². The maximum Gasteiger partial charge on any atom is 0.340 e. The summed E-state index contributed by atoms with van der Waals surface area (Å²) in [4.78, 5) is 11.3. The molecular weight excluding hydrogens is 303 g/mol. The molecule has 0 N–H and O–H groups in total. The van der Waals surface area contributed by atoms with E-state index in [0.717, 1.165) is 0 Å². The van der Waals surface area contributed by atoms with Gasteiger partial charge in [0.15, 0.2) is 5.82 Å². The molecule has 1 aromatic heterocycles. The lowest BCUT2D eigenvalue weighted by molar-refractivity contribution is 0.0595. The van der Waals surface area contributed by atoms with Gasteiger partial charge < -0.3 is 4.74 Å². The molecule has 0 bridgehead atoms. The van der Waals surface area contributed by atoms with E-state index in [1.54, 1.807) is 29.2 Å². The van der Waals surface area contributed by atoms with Crippen molar-refractivity contribution in [2.24, 2.45) is 0 Å². The molecule has 18 heavy (non-hydrogen) atoms. The molecule has 0 aliphatic rings. The number of nitrogens with zero attached hydrogens (tertiary/aromatic N) is 2. The smallest absolute Gasteiger partial charge is 0.340 e. The van der Waals surface area contributed by atoms with Crippen molar-refractivity contribution < 1.29 is 13.9 Å². The first-order valence-corrected chi connectivity index (χ1v) is 5.95. The zero-order chi connectivity index (χ0) is 13.1. The van der Waals surface area contributed by atoms with Crippen LogP contribution in [0.2, 0.25) is 0 Å². The van der Waals surface area contributed by atoms with Crippen LogP contribution in [0.15, 0.2) is 35.1 Å². The topological polar surface area (TPSA) is 44.1 Å². The van der Waals surface area contributed by atoms with E-state index < -0.39 is 11.8 Å². The van der Waals surface area contributed by atoms with Gasteiger partial charge in [-0.05, 0) is 33.6 Å². The Kier molecular flexibility index (Phi) is 3.76. The van der Waals surface area contributed by atoms with Gasteiger partial charge in [0.1, 0.15) is 0 Å². The number of aromatic nitrogens is 2. The second kappa shape index (κ2) is 5.30. The Morgan fingerprint density at radius 1 is 1.56 bits per heavy atom. The summed E-state index contributed by atoms with van der Waals surface area (Å²) in [6, 6.07) is 4.86. The first-order chi connectivity index (χ1) is 8.63. The van der Waals surface area contributed by atoms with Gasteiger partial charge in [0, 0.05) is 12.4 Å². The number of hydrogen-bond donors (Lipinski definition) is 0. The summed E-state index contributed by atoms with van der Waals surface area (Å²) in [5.41, 5.74) is 0.609. The maximum atomic E-state index is 14.0. The van der Waals surface area contributed by atoms with E-state index in [4.69, 9.17) is 0 Å². The summed E-state index contributed by atoms with van der Waals surface area (Å²) in [6.45, 7) is 0.423. The SMILES string of the molecule is COC(=O)c1ccc(Cn2cccn2)c(Br)c1F. The van der Waals surface area contributed by atoms with Crippen LogP contribution in [0.4, 0.5) is 4.39 Å². The van der Waals surface area contributed by atoms with Crippen molar-refractivity contribution in [2.45, 2.75) is 6.54 Å². The number of ether oxygens (including phenoxy) is 1. The molecule has 1 aromatic carbocycles. The lowest BCUT2D eigenvalue weighted by Crippen LogP contribution is -2.08. The highest BCUT2D eigenvalue weighted by Crippen LogP contribution is 2.25. The first kappa shape index (κ1) is 12.8. The van der Waals surface area contributed by atoms with Crippen molar-refractivity contribution in [1.82, 2.24) is 9.78 Å². The van der Waals surface area contributed by atoms with Crippen molar-refractivity contribution in [1.29, 1.82) is 0 Å². The number of carbonyl (C=O) groups is 1. The van der Waals surface area contributed by atoms with Gasteiger partial charge in [0.25, 0.3) is 0 Å². The Bertz CT molecular complexity index is 570. The fourth-order valence-electron chi connectivity index (χ4n) is 1.55. The highest BCUT2D eigenvalue weighted by molar-refractivity contribution is 9.10. The standard InChI is InChI=1S/C12H10BrFN2O2/c1-18-12(17)9-4-3-8(10(13)11(9)14)7-16-6-2-5-15-16/h2-6H,7H2,1H3. The highest BCUT2D eigenvalue weighted by Gasteiger charge is 2.17. The monoisotopic (exact) mass is 312 g/mol. The van der Waals surface area contributed by atoms with Gasteiger partial charge in [0.2, 0.25) is 0 Å². The predicted molar refractivity (Wildman–Crippen MR) is 66.8 cm³/mol. The lowest BCUT2D eigenvalue weighted by atomic mass is 10.1. The summed E-state index contributed by atoms with van der Waals surface area (Å²) < 4.78 is 20.4. The molecule has 0 spiro atoms. The first-order valence-electron chi connectivity index (χ1n) is 5.16. The number of carbonyl (C=O) groups excluding carboxylic acids is 1. The molecule has 0 saturated carbocycles. The molecule has 2 rings (SSSR count). The molecule has 1 heterocycles. The molecule has 2 aromatic rings. The average Bonchev–Trinajstić information content (AvgIpc) is 2.87. The molecule has 0 aliphatic heterocycles. The van der Waals surface area contributed by atoms with Gasteiger partial charge in [-0.15, -0.1) is 0 Å². The maximum absolute atomic E-state index is 14.0. The summed E-state index contributed by atoms with van der Waals surface area (Å²) in [5.74, 6) is -1.31. The Balaban J connectivity index is 2.34. The predicted octanol–water partition coefficient (Wildman–Crippen LogP) is 2.62. The minimum Gasteiger partial charge on any atom is -0.465 e. The molecule has 0 atom stereocenters. The van der Waals surface area contributed by atoms with E-state index in [1.807, 2.05) is 0 Å². The van der Waals surface area contributed by atoms with Crippen molar-refractivity contribution in [3.63, 3.8) is 0 Å². The highest BCUT2D eigenvalue weighted by atomic mass is 79.9. The number of benzene rings is 1. The van der Waals surface area contributed by atoms with Crippen molar-refractivity contribution in [2.75, 3.05) is 7.11 Å². The fourth-order valence-corrected chi connectivity index (χ4v) is 2.02. The third-order valence-electron chi connectivity index (χ3n) is 2.46. The van der Waals surface area contributed by atoms with E-state index in [-0.39, 0.29) is 10.0 Å². The molecule has 0 aliphatic carbocycles. The van der Waals surface area contributed by atoms with Crippen LogP contribution in [0.1, 0.15) is 15.9 Å². The van der Waals surface area contributed by atoms with Gasteiger partial charge >= 0.3 is 5.97 Å². The Morgan fingerprint density at radius 3 is 2.94 bits per heavy atom. The van der Waals surface area contributed by atoms with Gasteiger partial charge in [-0.3, -0.25) is 4.68 Å². The number of halogens is 2. The zero-order valence-corrected chi connectivity index (χ0v) is 11.1. The molecule has 94 valence electrons. The molecular formula is C12H10BrFN2O2. The van der Waals surface area contributed by atoms with Crippen LogP contribution in [-0.4, -0.2) is 22.9 Å². The quantitative estimate of drug-likeness (QED) is 0.818. The van der Waals surface area contributed by atoms with Crippen molar-refractivity contribution in [3.8, 4) is 0 Å². The van der Waals surface area contributed by atoms with E-state index in [9.17, 15) is 9.18 Å². The Hall–Kier alpha value is -1.69. The number of esters is 1. The second-order valence-corrected chi connectivity index (χ2v) is 4.39. The van der Waals surface area contributed by atoms with Gasteiger partial charge in [0.05, 0.1) is 23.7 Å². The molecule has 0 unspecified atom stereocenters. The molecule has 0 saturated heterocycles. The van der Waals surface area contributed by atoms with E-state index in [2.05, 4.69) is 25.8 Å². The molecule has 0 radical (unpaired) electrons. The van der Waals surface area contributed by atoms with Crippen LogP contribution in [0.25, 0.3) is 0 Å². The molecule has 4 nitrogen and oxygen atoms in total. The summed E-state index contributed by atoms with van der Waals surface area (Å²) in [5, 5.41) is 4.04. The average molecular weight is 313 g/mol. The van der Waals surface area contributed by atoms with Crippen molar-refractivity contribution >= 4 is 21.9 Å². The number of rotatable bonds is 3. The Labute approximate surface area is 111 Å². The van der Waals surface area contributed by atoms with Crippen LogP contribution in [0.5, 0.6) is 0 Å². The van der Waals surface area contributed by atoms with Crippen LogP contribution in [0, 0.1) is 5.82 Å². The Morgan fingerprint density at radius 2 is 2.33 bits per heavy atom. The molecule has 0 fully saturated rings. The lowest BCUT2D eigenvalue weighted by Gasteiger charge is -2.08. The molecule has 0 amide bonds. The van der Waals surface area contributed by atoms with Crippen LogP contribution >= 0.6 is 15.9 Å². The largest absolute Gasteiger partial charge is 0.465 e. The second-order valence-electron chi connectivity index (χ2n) is 3.60. The third-order valence-corrected chi connectivity index (χ3v) is 3.32. The molecule has 6 heteroatoms. The zero-order valence-electron chi connectivity index (χ0n) is 9.56. The fraction of sp³-hybridized carbons (Fsp3) is 0.167. The number of hydrogen-bond acceptors (Lipinski definition) is 3. The summed E-state index contributed by atoms with van der Waals surface area (Å²) >= 11 is 3.15. The van der Waals surface area contributed by atoms with Crippen LogP contribution in [0.3, 0.4) is 0 Å². The minimum atomic E-state index is -0.696. The van der Waals surface area contributed by atoms with Crippen LogP contribution < -0.4 is 0 Å². The normalized spacial score (nSPS) is 10.4. The summed E-state index contributed by atoms with van der Waals surface area (Å²) in [6.07, 6.45) is 3.42. The van der Waals surface area contributed by atoms with Gasteiger partial charge in [-0.25, -0.2) is 9.18 Å². The minimum absolute atomic E-state index is 0.0893. The van der Waals surface area contributed by atoms with Gasteiger partial charge in [-0.2, -0.15) is 5.10 Å². The van der Waals surface area contributed by atoms with E-state index in [0.29, 0.717) is 12.1 Å². The van der Waals surface area contributed by atoms with E-state index in [1.165, 1.54) is 13.2 Å². The van der Waals surface area contributed by atoms with E-state index >= 15 is 0 Å². The third kappa shape index (κ3) is 2.43. The van der Waals surface area contributed by atoms with Gasteiger partial charge in [-0.1, -0.05) is 6.07 Å². The number of methoxy groups -OCH3 is 1. The van der Waals surface area contributed by atoms with Crippen LogP contribution in [-0.2, 0) is 11.3 Å².